The van der Waals surface area contributed by atoms with Gasteiger partial charge in [0, 0.05) is 10.0 Å². The Morgan fingerprint density at radius 3 is 2.65 bits per heavy atom. The van der Waals surface area contributed by atoms with Crippen LogP contribution in [-0.4, -0.2) is 14.9 Å². The molecule has 1 aromatic heterocycles. The van der Waals surface area contributed by atoms with Gasteiger partial charge in [-0.15, -0.1) is 0 Å². The van der Waals surface area contributed by atoms with Gasteiger partial charge in [0.1, 0.15) is 0 Å². The van der Waals surface area contributed by atoms with E-state index >= 15 is 0 Å². The highest BCUT2D eigenvalue weighted by Gasteiger charge is 2.13. The molecular weight excluding hydrogens is 304 g/mol. The van der Waals surface area contributed by atoms with Crippen LogP contribution >= 0.6 is 27.5 Å². The molecule has 3 nitrogen and oxygen atoms in total. The second-order valence-corrected chi connectivity index (χ2v) is 5.12. The quantitative estimate of drug-likeness (QED) is 0.922. The zero-order valence-corrected chi connectivity index (χ0v) is 11.9. The Bertz CT molecular complexity index is 566. The topological polar surface area (TPSA) is 38.0 Å². The molecule has 0 unspecified atom stereocenters. The number of rotatable bonds is 2. The van der Waals surface area contributed by atoms with Crippen LogP contribution < -0.4 is 0 Å². The standard InChI is InChI=1S/C12H12BrClN2O/c1-7-12(14)8(2)16(15-7)11-4-3-10(13)5-9(11)6-17/h3-5,17H,6H2,1-2H3. The zero-order valence-electron chi connectivity index (χ0n) is 9.54. The van der Waals surface area contributed by atoms with Crippen molar-refractivity contribution in [2.45, 2.75) is 20.5 Å². The summed E-state index contributed by atoms with van der Waals surface area (Å²) in [7, 11) is 0. The molecule has 2 aromatic rings. The average molecular weight is 316 g/mol. The Balaban J connectivity index is 2.64. The van der Waals surface area contributed by atoms with Crippen molar-refractivity contribution >= 4 is 27.5 Å². The van der Waals surface area contributed by atoms with Gasteiger partial charge in [-0.2, -0.15) is 5.10 Å². The van der Waals surface area contributed by atoms with E-state index in [9.17, 15) is 5.11 Å². The molecule has 5 heteroatoms. The van der Waals surface area contributed by atoms with Crippen molar-refractivity contribution < 1.29 is 5.11 Å². The van der Waals surface area contributed by atoms with Gasteiger partial charge in [-0.3, -0.25) is 0 Å². The van der Waals surface area contributed by atoms with Gasteiger partial charge in [0.2, 0.25) is 0 Å². The van der Waals surface area contributed by atoms with Crippen LogP contribution in [0.3, 0.4) is 0 Å². The summed E-state index contributed by atoms with van der Waals surface area (Å²) >= 11 is 9.50. The second kappa shape index (κ2) is 4.80. The minimum absolute atomic E-state index is 0.0370. The van der Waals surface area contributed by atoms with E-state index in [4.69, 9.17) is 11.6 Å². The largest absolute Gasteiger partial charge is 0.392 e. The third kappa shape index (κ3) is 2.25. The highest BCUT2D eigenvalue weighted by atomic mass is 79.9. The lowest BCUT2D eigenvalue weighted by Gasteiger charge is -2.09. The maximum absolute atomic E-state index is 9.38. The fourth-order valence-corrected chi connectivity index (χ4v) is 2.27. The van der Waals surface area contributed by atoms with Crippen LogP contribution in [0.15, 0.2) is 22.7 Å². The molecule has 17 heavy (non-hydrogen) atoms. The third-order valence-electron chi connectivity index (χ3n) is 2.64. The number of hydrogen-bond donors (Lipinski definition) is 1. The number of nitrogens with zero attached hydrogens (tertiary/aromatic N) is 2. The molecule has 2 rings (SSSR count). The van der Waals surface area contributed by atoms with Crippen molar-refractivity contribution in [2.75, 3.05) is 0 Å². The summed E-state index contributed by atoms with van der Waals surface area (Å²) in [5, 5.41) is 14.4. The first kappa shape index (κ1) is 12.6. The maximum Gasteiger partial charge on any atom is 0.0848 e. The number of benzene rings is 1. The van der Waals surface area contributed by atoms with Gasteiger partial charge in [0.05, 0.1) is 28.7 Å². The summed E-state index contributed by atoms with van der Waals surface area (Å²) in [5.41, 5.74) is 3.32. The van der Waals surface area contributed by atoms with E-state index in [0.717, 1.165) is 27.1 Å². The van der Waals surface area contributed by atoms with E-state index in [1.54, 1.807) is 4.68 Å². The molecule has 0 saturated heterocycles. The number of aliphatic hydroxyl groups excluding tert-OH is 1. The number of hydrogen-bond acceptors (Lipinski definition) is 2. The van der Waals surface area contributed by atoms with Crippen molar-refractivity contribution in [3.8, 4) is 5.69 Å². The van der Waals surface area contributed by atoms with Crippen LogP contribution in [0.5, 0.6) is 0 Å². The minimum atomic E-state index is -0.0370. The van der Waals surface area contributed by atoms with E-state index < -0.39 is 0 Å². The zero-order chi connectivity index (χ0) is 12.6. The number of halogens is 2. The van der Waals surface area contributed by atoms with Gasteiger partial charge >= 0.3 is 0 Å². The van der Waals surface area contributed by atoms with E-state index in [2.05, 4.69) is 21.0 Å². The number of aromatic nitrogens is 2. The molecule has 0 aliphatic heterocycles. The summed E-state index contributed by atoms with van der Waals surface area (Å²) in [4.78, 5) is 0. The summed E-state index contributed by atoms with van der Waals surface area (Å²) < 4.78 is 2.69. The van der Waals surface area contributed by atoms with Crippen LogP contribution in [-0.2, 0) is 6.61 Å². The molecule has 90 valence electrons. The summed E-state index contributed by atoms with van der Waals surface area (Å²) in [5.74, 6) is 0. The second-order valence-electron chi connectivity index (χ2n) is 3.83. The molecule has 0 saturated carbocycles. The van der Waals surface area contributed by atoms with Crippen molar-refractivity contribution in [1.29, 1.82) is 0 Å². The Labute approximate surface area is 113 Å². The maximum atomic E-state index is 9.38. The summed E-state index contributed by atoms with van der Waals surface area (Å²) in [6, 6.07) is 5.70. The van der Waals surface area contributed by atoms with Crippen molar-refractivity contribution in [3.63, 3.8) is 0 Å². The molecule has 1 heterocycles. The van der Waals surface area contributed by atoms with Crippen LogP contribution in [0.1, 0.15) is 17.0 Å². The minimum Gasteiger partial charge on any atom is -0.392 e. The van der Waals surface area contributed by atoms with Crippen molar-refractivity contribution in [3.05, 3.63) is 44.6 Å². The first-order valence-corrected chi connectivity index (χ1v) is 6.33. The van der Waals surface area contributed by atoms with Gasteiger partial charge in [-0.25, -0.2) is 4.68 Å². The first-order valence-electron chi connectivity index (χ1n) is 5.16. The third-order valence-corrected chi connectivity index (χ3v) is 3.68. The fraction of sp³-hybridized carbons (Fsp3) is 0.250. The summed E-state index contributed by atoms with van der Waals surface area (Å²) in [6.45, 7) is 3.74. The van der Waals surface area contributed by atoms with E-state index in [1.165, 1.54) is 0 Å². The molecule has 0 radical (unpaired) electrons. The Morgan fingerprint density at radius 2 is 2.12 bits per heavy atom. The van der Waals surface area contributed by atoms with Gasteiger partial charge < -0.3 is 5.11 Å². The molecule has 0 aliphatic carbocycles. The fourth-order valence-electron chi connectivity index (χ4n) is 1.75. The highest BCUT2D eigenvalue weighted by Crippen LogP contribution is 2.26. The number of aryl methyl sites for hydroxylation is 1. The molecule has 0 amide bonds. The van der Waals surface area contributed by atoms with Crippen LogP contribution in [0.25, 0.3) is 5.69 Å². The first-order chi connectivity index (χ1) is 8.04. The molecular formula is C12H12BrClN2O. The highest BCUT2D eigenvalue weighted by molar-refractivity contribution is 9.10. The van der Waals surface area contributed by atoms with Crippen LogP contribution in [0, 0.1) is 13.8 Å². The number of aliphatic hydroxyl groups is 1. The predicted molar refractivity (Wildman–Crippen MR) is 71.7 cm³/mol. The van der Waals surface area contributed by atoms with Crippen LogP contribution in [0.4, 0.5) is 0 Å². The molecule has 0 spiro atoms. The van der Waals surface area contributed by atoms with E-state index in [1.807, 2.05) is 32.0 Å². The SMILES string of the molecule is Cc1nn(-c2ccc(Br)cc2CO)c(C)c1Cl. The molecule has 0 fully saturated rings. The normalized spacial score (nSPS) is 10.9. The van der Waals surface area contributed by atoms with Gasteiger partial charge in [-0.1, -0.05) is 27.5 Å². The van der Waals surface area contributed by atoms with Crippen LogP contribution in [0.2, 0.25) is 5.02 Å². The average Bonchev–Trinajstić information content (AvgIpc) is 2.57. The van der Waals surface area contributed by atoms with Gasteiger partial charge in [0.15, 0.2) is 0 Å². The Hall–Kier alpha value is -0.840. The van der Waals surface area contributed by atoms with Gasteiger partial charge in [0.25, 0.3) is 0 Å². The Morgan fingerprint density at radius 1 is 1.41 bits per heavy atom. The lowest BCUT2D eigenvalue weighted by Crippen LogP contribution is -2.03. The monoisotopic (exact) mass is 314 g/mol. The molecule has 1 aromatic carbocycles. The Kier molecular flexibility index (Phi) is 3.56. The molecule has 1 N–H and O–H groups in total. The molecule has 0 aliphatic rings. The van der Waals surface area contributed by atoms with E-state index in [0.29, 0.717) is 5.02 Å². The molecule has 0 bridgehead atoms. The van der Waals surface area contributed by atoms with E-state index in [-0.39, 0.29) is 6.61 Å². The lowest BCUT2D eigenvalue weighted by atomic mass is 10.2. The summed E-state index contributed by atoms with van der Waals surface area (Å²) in [6.07, 6.45) is 0. The van der Waals surface area contributed by atoms with Crippen molar-refractivity contribution in [1.82, 2.24) is 9.78 Å². The van der Waals surface area contributed by atoms with Gasteiger partial charge in [-0.05, 0) is 32.0 Å². The predicted octanol–water partition coefficient (Wildman–Crippen LogP) is 3.40. The molecule has 0 atom stereocenters. The lowest BCUT2D eigenvalue weighted by molar-refractivity contribution is 0.281. The van der Waals surface area contributed by atoms with Crippen molar-refractivity contribution in [2.24, 2.45) is 0 Å². The smallest absolute Gasteiger partial charge is 0.0848 e.